The second-order valence-corrected chi connectivity index (χ2v) is 5.22. The van der Waals surface area contributed by atoms with Gasteiger partial charge in [0, 0.05) is 11.2 Å². The summed E-state index contributed by atoms with van der Waals surface area (Å²) in [6.07, 6.45) is 1.67. The number of hydrogen-bond donors (Lipinski definition) is 0. The van der Waals surface area contributed by atoms with Crippen molar-refractivity contribution in [2.75, 3.05) is 0 Å². The van der Waals surface area contributed by atoms with E-state index >= 15 is 0 Å². The van der Waals surface area contributed by atoms with Crippen molar-refractivity contribution in [3.63, 3.8) is 0 Å². The largest absolute Gasteiger partial charge is 0.287 e. The molecule has 0 aromatic rings. The highest BCUT2D eigenvalue weighted by Gasteiger charge is 2.15. The molecule has 0 aliphatic carbocycles. The van der Waals surface area contributed by atoms with Gasteiger partial charge in [-0.05, 0) is 6.42 Å². The molecule has 0 aromatic heterocycles. The fourth-order valence-corrected chi connectivity index (χ4v) is 1.59. The van der Waals surface area contributed by atoms with Crippen LogP contribution in [0.1, 0.15) is 40.5 Å². The van der Waals surface area contributed by atoms with E-state index in [0.29, 0.717) is 11.5 Å². The lowest BCUT2D eigenvalue weighted by atomic mass is 10.3. The standard InChI is InChI=1S/C8H16OS/c1-5-6-7(9)10-8(2,3)4/h5-6H2,1-4H3. The molecule has 2 heteroatoms. The third-order valence-electron chi connectivity index (χ3n) is 0.874. The van der Waals surface area contributed by atoms with Gasteiger partial charge in [-0.1, -0.05) is 39.5 Å². The van der Waals surface area contributed by atoms with E-state index in [-0.39, 0.29) is 4.75 Å². The summed E-state index contributed by atoms with van der Waals surface area (Å²) >= 11 is 1.44. The predicted octanol–water partition coefficient (Wildman–Crippen LogP) is 2.84. The van der Waals surface area contributed by atoms with Crippen molar-refractivity contribution < 1.29 is 4.79 Å². The molecule has 0 spiro atoms. The van der Waals surface area contributed by atoms with Gasteiger partial charge >= 0.3 is 0 Å². The molecule has 10 heavy (non-hydrogen) atoms. The first kappa shape index (κ1) is 10.0. The number of rotatable bonds is 2. The van der Waals surface area contributed by atoms with Crippen LogP contribution in [0.15, 0.2) is 0 Å². The summed E-state index contributed by atoms with van der Waals surface area (Å²) in [7, 11) is 0. The first-order valence-corrected chi connectivity index (χ1v) is 4.49. The molecule has 0 rings (SSSR count). The molecular formula is C8H16OS. The van der Waals surface area contributed by atoms with Crippen molar-refractivity contribution in [2.24, 2.45) is 0 Å². The van der Waals surface area contributed by atoms with Crippen LogP contribution in [0.2, 0.25) is 0 Å². The highest BCUT2D eigenvalue weighted by atomic mass is 32.2. The zero-order valence-corrected chi connectivity index (χ0v) is 8.05. The van der Waals surface area contributed by atoms with Crippen LogP contribution in [0.4, 0.5) is 0 Å². The molecule has 0 radical (unpaired) electrons. The summed E-state index contributed by atoms with van der Waals surface area (Å²) in [6.45, 7) is 8.21. The van der Waals surface area contributed by atoms with Gasteiger partial charge in [0.1, 0.15) is 0 Å². The van der Waals surface area contributed by atoms with E-state index in [1.807, 2.05) is 6.92 Å². The molecule has 1 nitrogen and oxygen atoms in total. The molecule has 0 saturated carbocycles. The van der Waals surface area contributed by atoms with Crippen molar-refractivity contribution in [3.05, 3.63) is 0 Å². The van der Waals surface area contributed by atoms with Gasteiger partial charge < -0.3 is 0 Å². The molecule has 0 aliphatic rings. The summed E-state index contributed by atoms with van der Waals surface area (Å²) in [6, 6.07) is 0. The Labute approximate surface area is 67.6 Å². The molecule has 0 aromatic carbocycles. The normalized spacial score (nSPS) is 11.6. The van der Waals surface area contributed by atoms with Gasteiger partial charge in [0.05, 0.1) is 0 Å². The second kappa shape index (κ2) is 4.02. The third kappa shape index (κ3) is 6.14. The van der Waals surface area contributed by atoms with Crippen molar-refractivity contribution in [3.8, 4) is 0 Å². The van der Waals surface area contributed by atoms with Gasteiger partial charge in [-0.2, -0.15) is 0 Å². The minimum atomic E-state index is 0.0895. The Bertz CT molecular complexity index is 113. The minimum Gasteiger partial charge on any atom is -0.287 e. The van der Waals surface area contributed by atoms with Gasteiger partial charge in [0.2, 0.25) is 0 Å². The maximum absolute atomic E-state index is 11.0. The molecule has 0 N–H and O–H groups in total. The second-order valence-electron chi connectivity index (χ2n) is 3.34. The maximum atomic E-state index is 11.0. The molecule has 0 fully saturated rings. The minimum absolute atomic E-state index is 0.0895. The highest BCUT2D eigenvalue weighted by molar-refractivity contribution is 8.14. The van der Waals surface area contributed by atoms with Crippen molar-refractivity contribution in [1.82, 2.24) is 0 Å². The quantitative estimate of drug-likeness (QED) is 0.618. The van der Waals surface area contributed by atoms with Crippen LogP contribution in [0, 0.1) is 0 Å². The van der Waals surface area contributed by atoms with Crippen molar-refractivity contribution in [2.45, 2.75) is 45.3 Å². The highest BCUT2D eigenvalue weighted by Crippen LogP contribution is 2.25. The van der Waals surface area contributed by atoms with Crippen LogP contribution in [-0.2, 0) is 4.79 Å². The lowest BCUT2D eigenvalue weighted by Crippen LogP contribution is -2.11. The monoisotopic (exact) mass is 160 g/mol. The van der Waals surface area contributed by atoms with E-state index in [0.717, 1.165) is 6.42 Å². The molecule has 60 valence electrons. The topological polar surface area (TPSA) is 17.1 Å². The Kier molecular flexibility index (Phi) is 4.02. The number of thioether (sulfide) groups is 1. The zero-order chi connectivity index (χ0) is 8.20. The number of hydrogen-bond acceptors (Lipinski definition) is 2. The first-order chi connectivity index (χ1) is 4.45. The average Bonchev–Trinajstić information content (AvgIpc) is 1.59. The van der Waals surface area contributed by atoms with E-state index in [1.54, 1.807) is 0 Å². The van der Waals surface area contributed by atoms with E-state index in [2.05, 4.69) is 20.8 Å². The Balaban J connectivity index is 3.58. The molecule has 0 heterocycles. The van der Waals surface area contributed by atoms with Crippen molar-refractivity contribution >= 4 is 16.9 Å². The molecule has 0 atom stereocenters. The Morgan fingerprint density at radius 1 is 1.40 bits per heavy atom. The Morgan fingerprint density at radius 3 is 2.20 bits per heavy atom. The smallest absolute Gasteiger partial charge is 0.189 e. The maximum Gasteiger partial charge on any atom is 0.189 e. The van der Waals surface area contributed by atoms with E-state index in [4.69, 9.17) is 0 Å². The van der Waals surface area contributed by atoms with E-state index in [1.165, 1.54) is 11.8 Å². The fraction of sp³-hybridized carbons (Fsp3) is 0.875. The van der Waals surface area contributed by atoms with Crippen LogP contribution >= 0.6 is 11.8 Å². The summed E-state index contributed by atoms with van der Waals surface area (Å²) in [5.74, 6) is 0. The molecule has 0 aliphatic heterocycles. The molecular weight excluding hydrogens is 144 g/mol. The lowest BCUT2D eigenvalue weighted by Gasteiger charge is -2.15. The predicted molar refractivity (Wildman–Crippen MR) is 47.3 cm³/mol. The summed E-state index contributed by atoms with van der Waals surface area (Å²) in [4.78, 5) is 11.0. The SMILES string of the molecule is CCCC(=O)SC(C)(C)C. The Hall–Kier alpha value is 0.0200. The fourth-order valence-electron chi connectivity index (χ4n) is 0.597. The van der Waals surface area contributed by atoms with Crippen LogP contribution in [0.3, 0.4) is 0 Å². The number of carbonyl (C=O) groups excluding carboxylic acids is 1. The first-order valence-electron chi connectivity index (χ1n) is 3.67. The Morgan fingerprint density at radius 2 is 1.90 bits per heavy atom. The van der Waals surface area contributed by atoms with Crippen LogP contribution in [0.25, 0.3) is 0 Å². The summed E-state index contributed by atoms with van der Waals surface area (Å²) in [5, 5.41) is 0.315. The molecule has 0 saturated heterocycles. The van der Waals surface area contributed by atoms with Gasteiger partial charge in [-0.25, -0.2) is 0 Å². The van der Waals surface area contributed by atoms with Gasteiger partial charge in [0.15, 0.2) is 5.12 Å². The molecule has 0 bridgehead atoms. The average molecular weight is 160 g/mol. The third-order valence-corrected chi connectivity index (χ3v) is 1.92. The van der Waals surface area contributed by atoms with Crippen molar-refractivity contribution in [1.29, 1.82) is 0 Å². The van der Waals surface area contributed by atoms with E-state index in [9.17, 15) is 4.79 Å². The van der Waals surface area contributed by atoms with E-state index < -0.39 is 0 Å². The molecule has 0 unspecified atom stereocenters. The molecule has 0 amide bonds. The lowest BCUT2D eigenvalue weighted by molar-refractivity contribution is -0.111. The van der Waals surface area contributed by atoms with Gasteiger partial charge in [0.25, 0.3) is 0 Å². The van der Waals surface area contributed by atoms with Gasteiger partial charge in [-0.3, -0.25) is 4.79 Å². The van der Waals surface area contributed by atoms with Gasteiger partial charge in [-0.15, -0.1) is 0 Å². The summed E-state index contributed by atoms with van der Waals surface area (Å²) in [5.41, 5.74) is 0. The van der Waals surface area contributed by atoms with Crippen LogP contribution < -0.4 is 0 Å². The van der Waals surface area contributed by atoms with Crippen LogP contribution in [-0.4, -0.2) is 9.86 Å². The summed E-state index contributed by atoms with van der Waals surface area (Å²) < 4.78 is 0.0895. The van der Waals surface area contributed by atoms with Crippen LogP contribution in [0.5, 0.6) is 0 Å². The zero-order valence-electron chi connectivity index (χ0n) is 7.23. The number of carbonyl (C=O) groups is 1.